The molecule has 1 fully saturated rings. The topological polar surface area (TPSA) is 29.5 Å². The van der Waals surface area contributed by atoms with Gasteiger partial charge < -0.3 is 4.74 Å². The Morgan fingerprint density at radius 3 is 2.60 bits per heavy atom. The molecule has 2 aliphatic rings. The molecule has 2 atom stereocenters. The standard InChI is InChI=1S/C21H20FNO2/c22-20-9-5-4-8-19(20)16-12-17-10-11-18(13-16)23(17)21(24)25-14-15-6-2-1-3-7-15/h1-9,12,17-18H,10-11,13-14H2. The van der Waals surface area contributed by atoms with Crippen LogP contribution in [0.1, 0.15) is 30.4 Å². The highest BCUT2D eigenvalue weighted by atomic mass is 19.1. The lowest BCUT2D eigenvalue weighted by Gasteiger charge is -2.33. The van der Waals surface area contributed by atoms with Crippen LogP contribution in [0.3, 0.4) is 0 Å². The van der Waals surface area contributed by atoms with Gasteiger partial charge in [0.05, 0.1) is 6.04 Å². The molecule has 4 heteroatoms. The fraction of sp³-hybridized carbons (Fsp3) is 0.286. The molecular weight excluding hydrogens is 317 g/mol. The number of ether oxygens (including phenoxy) is 1. The molecule has 0 aliphatic carbocycles. The van der Waals surface area contributed by atoms with Crippen LogP contribution in [-0.2, 0) is 11.3 Å². The van der Waals surface area contributed by atoms with Crippen molar-refractivity contribution >= 4 is 11.7 Å². The van der Waals surface area contributed by atoms with Gasteiger partial charge in [-0.1, -0.05) is 54.6 Å². The zero-order valence-electron chi connectivity index (χ0n) is 13.9. The maximum Gasteiger partial charge on any atom is 0.410 e. The van der Waals surface area contributed by atoms with E-state index in [0.29, 0.717) is 12.0 Å². The first-order valence-electron chi connectivity index (χ1n) is 8.67. The Hall–Kier alpha value is -2.62. The molecule has 2 aromatic carbocycles. The average molecular weight is 337 g/mol. The molecule has 128 valence electrons. The normalized spacial score (nSPS) is 21.8. The molecule has 0 aromatic heterocycles. The minimum absolute atomic E-state index is 0.00312. The number of carbonyl (C=O) groups excluding carboxylic acids is 1. The van der Waals surface area contributed by atoms with Crippen LogP contribution in [0.25, 0.3) is 5.57 Å². The van der Waals surface area contributed by atoms with E-state index in [-0.39, 0.29) is 30.6 Å². The Labute approximate surface area is 146 Å². The Morgan fingerprint density at radius 2 is 1.84 bits per heavy atom. The second-order valence-electron chi connectivity index (χ2n) is 6.62. The predicted octanol–water partition coefficient (Wildman–Crippen LogP) is 4.78. The minimum atomic E-state index is -0.278. The second kappa shape index (κ2) is 6.71. The quantitative estimate of drug-likeness (QED) is 0.806. The summed E-state index contributed by atoms with van der Waals surface area (Å²) in [5.74, 6) is -0.201. The number of carbonyl (C=O) groups is 1. The smallest absolute Gasteiger partial charge is 0.410 e. The first kappa shape index (κ1) is 15.9. The van der Waals surface area contributed by atoms with Crippen LogP contribution in [0.4, 0.5) is 9.18 Å². The van der Waals surface area contributed by atoms with E-state index in [9.17, 15) is 9.18 Å². The maximum atomic E-state index is 14.1. The number of rotatable bonds is 3. The van der Waals surface area contributed by atoms with Gasteiger partial charge in [0.1, 0.15) is 12.4 Å². The number of hydrogen-bond acceptors (Lipinski definition) is 2. The monoisotopic (exact) mass is 337 g/mol. The van der Waals surface area contributed by atoms with Gasteiger partial charge in [-0.2, -0.15) is 0 Å². The third-order valence-electron chi connectivity index (χ3n) is 5.03. The van der Waals surface area contributed by atoms with E-state index in [1.807, 2.05) is 53.4 Å². The Kier molecular flexibility index (Phi) is 4.26. The molecule has 3 nitrogen and oxygen atoms in total. The first-order chi connectivity index (χ1) is 12.2. The Balaban J connectivity index is 1.48. The van der Waals surface area contributed by atoms with Crippen molar-refractivity contribution in [3.8, 4) is 0 Å². The SMILES string of the molecule is O=C(OCc1ccccc1)N1C2C=C(c3ccccc3F)CC1CC2. The molecule has 0 radical (unpaired) electrons. The highest BCUT2D eigenvalue weighted by Gasteiger charge is 2.40. The van der Waals surface area contributed by atoms with Gasteiger partial charge in [-0.15, -0.1) is 0 Å². The molecule has 2 bridgehead atoms. The summed E-state index contributed by atoms with van der Waals surface area (Å²) in [4.78, 5) is 14.4. The van der Waals surface area contributed by atoms with Crippen LogP contribution in [0.5, 0.6) is 0 Å². The van der Waals surface area contributed by atoms with Crippen molar-refractivity contribution in [2.45, 2.75) is 38.0 Å². The Bertz CT molecular complexity index is 803. The summed E-state index contributed by atoms with van der Waals surface area (Å²) in [5, 5.41) is 0. The van der Waals surface area contributed by atoms with Gasteiger partial charge in [0.15, 0.2) is 0 Å². The molecule has 1 amide bonds. The minimum Gasteiger partial charge on any atom is -0.445 e. The van der Waals surface area contributed by atoms with E-state index in [4.69, 9.17) is 4.74 Å². The van der Waals surface area contributed by atoms with Crippen molar-refractivity contribution in [2.75, 3.05) is 0 Å². The summed E-state index contributed by atoms with van der Waals surface area (Å²) >= 11 is 0. The molecule has 1 saturated heterocycles. The highest BCUT2D eigenvalue weighted by molar-refractivity contribution is 5.75. The highest BCUT2D eigenvalue weighted by Crippen LogP contribution is 2.39. The van der Waals surface area contributed by atoms with Crippen LogP contribution in [0.15, 0.2) is 60.7 Å². The van der Waals surface area contributed by atoms with E-state index in [0.717, 1.165) is 24.0 Å². The van der Waals surface area contributed by atoms with Crippen LogP contribution >= 0.6 is 0 Å². The molecule has 0 N–H and O–H groups in total. The molecular formula is C21H20FNO2. The fourth-order valence-corrected chi connectivity index (χ4v) is 3.83. The molecule has 2 aliphatic heterocycles. The van der Waals surface area contributed by atoms with Crippen molar-refractivity contribution in [1.29, 1.82) is 0 Å². The second-order valence-corrected chi connectivity index (χ2v) is 6.62. The molecule has 4 rings (SSSR count). The van der Waals surface area contributed by atoms with Crippen LogP contribution < -0.4 is 0 Å². The van der Waals surface area contributed by atoms with Crippen LogP contribution in [-0.4, -0.2) is 23.1 Å². The van der Waals surface area contributed by atoms with Gasteiger partial charge in [0.2, 0.25) is 0 Å². The summed E-state index contributed by atoms with van der Waals surface area (Å²) in [6.07, 6.45) is 4.27. The fourth-order valence-electron chi connectivity index (χ4n) is 3.83. The summed E-state index contributed by atoms with van der Waals surface area (Å²) in [6.45, 7) is 0.277. The Morgan fingerprint density at radius 1 is 1.08 bits per heavy atom. The van der Waals surface area contributed by atoms with Crippen LogP contribution in [0.2, 0.25) is 0 Å². The molecule has 0 saturated carbocycles. The number of benzene rings is 2. The lowest BCUT2D eigenvalue weighted by Crippen LogP contribution is -2.43. The van der Waals surface area contributed by atoms with Crippen molar-refractivity contribution in [1.82, 2.24) is 4.90 Å². The molecule has 2 unspecified atom stereocenters. The van der Waals surface area contributed by atoms with Crippen molar-refractivity contribution in [3.63, 3.8) is 0 Å². The van der Waals surface area contributed by atoms with Crippen molar-refractivity contribution in [2.24, 2.45) is 0 Å². The van der Waals surface area contributed by atoms with Gasteiger partial charge in [-0.3, -0.25) is 4.90 Å². The van der Waals surface area contributed by atoms with E-state index in [1.54, 1.807) is 6.07 Å². The van der Waals surface area contributed by atoms with Gasteiger partial charge in [0.25, 0.3) is 0 Å². The largest absolute Gasteiger partial charge is 0.445 e. The van der Waals surface area contributed by atoms with Gasteiger partial charge in [-0.25, -0.2) is 9.18 Å². The maximum absolute atomic E-state index is 14.1. The number of hydrogen-bond donors (Lipinski definition) is 0. The summed E-state index contributed by atoms with van der Waals surface area (Å²) < 4.78 is 19.6. The average Bonchev–Trinajstić information content (AvgIpc) is 2.91. The van der Waals surface area contributed by atoms with Gasteiger partial charge in [-0.05, 0) is 36.5 Å². The molecule has 2 aromatic rings. The molecule has 25 heavy (non-hydrogen) atoms. The molecule has 0 spiro atoms. The van der Waals surface area contributed by atoms with E-state index in [1.165, 1.54) is 6.07 Å². The summed E-state index contributed by atoms with van der Waals surface area (Å²) in [6, 6.07) is 16.6. The van der Waals surface area contributed by atoms with E-state index >= 15 is 0 Å². The molecule has 2 heterocycles. The summed E-state index contributed by atoms with van der Waals surface area (Å²) in [5.41, 5.74) is 2.62. The van der Waals surface area contributed by atoms with E-state index in [2.05, 4.69) is 0 Å². The number of fused-ring (bicyclic) bond motifs is 2. The third-order valence-corrected chi connectivity index (χ3v) is 5.03. The lowest BCUT2D eigenvalue weighted by molar-refractivity contribution is 0.0832. The zero-order valence-corrected chi connectivity index (χ0v) is 13.9. The number of amides is 1. The summed E-state index contributed by atoms with van der Waals surface area (Å²) in [7, 11) is 0. The van der Waals surface area contributed by atoms with E-state index < -0.39 is 0 Å². The van der Waals surface area contributed by atoms with Crippen molar-refractivity contribution < 1.29 is 13.9 Å². The van der Waals surface area contributed by atoms with Gasteiger partial charge >= 0.3 is 6.09 Å². The first-order valence-corrected chi connectivity index (χ1v) is 8.67. The third kappa shape index (κ3) is 3.16. The number of halogens is 1. The number of nitrogens with zero attached hydrogens (tertiary/aromatic N) is 1. The predicted molar refractivity (Wildman–Crippen MR) is 94.3 cm³/mol. The lowest BCUT2D eigenvalue weighted by atomic mass is 9.94. The van der Waals surface area contributed by atoms with Gasteiger partial charge in [0, 0.05) is 11.6 Å². The van der Waals surface area contributed by atoms with Crippen molar-refractivity contribution in [3.05, 3.63) is 77.6 Å². The van der Waals surface area contributed by atoms with Crippen LogP contribution in [0, 0.1) is 5.82 Å². The zero-order chi connectivity index (χ0) is 17.2.